The average molecular weight is 508 g/mol. The Morgan fingerprint density at radius 3 is 2.67 bits per heavy atom. The maximum Gasteiger partial charge on any atom is 0.270 e. The van der Waals surface area contributed by atoms with Crippen molar-refractivity contribution in [2.45, 2.75) is 70.5 Å². The molecule has 36 heavy (non-hydrogen) atoms. The van der Waals surface area contributed by atoms with Crippen molar-refractivity contribution in [2.24, 2.45) is 0 Å². The predicted molar refractivity (Wildman–Crippen MR) is 144 cm³/mol. The number of rotatable bonds is 6. The van der Waals surface area contributed by atoms with Crippen molar-refractivity contribution in [1.29, 1.82) is 0 Å². The molecule has 7 nitrogen and oxygen atoms in total. The number of hydrogen-bond donors (Lipinski definition) is 2. The van der Waals surface area contributed by atoms with E-state index in [1.54, 1.807) is 12.3 Å². The summed E-state index contributed by atoms with van der Waals surface area (Å²) >= 11 is 0. The van der Waals surface area contributed by atoms with Gasteiger partial charge in [0.05, 0.1) is 24.3 Å². The highest BCUT2D eigenvalue weighted by atomic mass is 28.4. The molecule has 2 N–H and O–H groups in total. The van der Waals surface area contributed by atoms with Gasteiger partial charge in [-0.3, -0.25) is 9.78 Å². The number of aryl methyl sites for hydroxylation is 1. The van der Waals surface area contributed by atoms with Gasteiger partial charge in [-0.05, 0) is 55.2 Å². The third kappa shape index (κ3) is 5.67. The summed E-state index contributed by atoms with van der Waals surface area (Å²) in [5.41, 5.74) is 3.07. The molecule has 1 aliphatic heterocycles. The van der Waals surface area contributed by atoms with Gasteiger partial charge in [-0.2, -0.15) is 0 Å². The van der Waals surface area contributed by atoms with Crippen LogP contribution in [0.2, 0.25) is 18.1 Å². The van der Waals surface area contributed by atoms with Crippen molar-refractivity contribution in [3.63, 3.8) is 0 Å². The minimum atomic E-state index is -2.05. The average Bonchev–Trinajstić information content (AvgIpc) is 2.83. The molecule has 1 aromatic carbocycles. The van der Waals surface area contributed by atoms with E-state index >= 15 is 0 Å². The van der Waals surface area contributed by atoms with Crippen LogP contribution in [0.3, 0.4) is 0 Å². The number of aliphatic hydroxyl groups excluding tert-OH is 1. The molecule has 1 fully saturated rings. The monoisotopic (exact) mass is 507 g/mol. The van der Waals surface area contributed by atoms with Gasteiger partial charge in [0.2, 0.25) is 0 Å². The van der Waals surface area contributed by atoms with Crippen LogP contribution in [0, 0.1) is 6.92 Å². The molecule has 0 spiro atoms. The van der Waals surface area contributed by atoms with E-state index in [4.69, 9.17) is 9.16 Å². The minimum Gasteiger partial charge on any atom is -0.409 e. The van der Waals surface area contributed by atoms with Gasteiger partial charge in [-0.1, -0.05) is 45.0 Å². The first-order chi connectivity index (χ1) is 17.0. The van der Waals surface area contributed by atoms with Crippen LogP contribution in [0.15, 0.2) is 48.7 Å². The summed E-state index contributed by atoms with van der Waals surface area (Å²) in [5, 5.41) is 15.2. The maximum absolute atomic E-state index is 13.5. The summed E-state index contributed by atoms with van der Waals surface area (Å²) in [6.07, 6.45) is 1.19. The second kappa shape index (κ2) is 10.4. The number of carbonyl (C=O) groups is 1. The van der Waals surface area contributed by atoms with Crippen LogP contribution in [-0.2, 0) is 9.16 Å². The first kappa shape index (κ1) is 26.4. The zero-order chi connectivity index (χ0) is 26.1. The van der Waals surface area contributed by atoms with E-state index in [2.05, 4.69) is 49.1 Å². The van der Waals surface area contributed by atoms with Gasteiger partial charge >= 0.3 is 0 Å². The van der Waals surface area contributed by atoms with E-state index in [0.717, 1.165) is 11.1 Å². The normalized spacial score (nSPS) is 19.8. The lowest BCUT2D eigenvalue weighted by Gasteiger charge is -2.42. The number of aromatic nitrogens is 2. The van der Waals surface area contributed by atoms with Gasteiger partial charge in [0.15, 0.2) is 8.32 Å². The van der Waals surface area contributed by atoms with Crippen LogP contribution in [-0.4, -0.2) is 54.7 Å². The Kier molecular flexibility index (Phi) is 7.61. The number of fused-ring (bicyclic) bond motifs is 1. The molecule has 0 radical (unpaired) electrons. The molecule has 3 aromatic rings. The number of benzene rings is 1. The highest BCUT2D eigenvalue weighted by Gasteiger charge is 2.42. The molecule has 192 valence electrons. The summed E-state index contributed by atoms with van der Waals surface area (Å²) in [6, 6.07) is 12.8. The fraction of sp³-hybridized carbons (Fsp3) is 0.464. The third-order valence-corrected chi connectivity index (χ3v) is 11.9. The molecule has 1 unspecified atom stereocenters. The smallest absolute Gasteiger partial charge is 0.270 e. The Balaban J connectivity index is 1.62. The van der Waals surface area contributed by atoms with Crippen molar-refractivity contribution in [1.82, 2.24) is 15.3 Å². The van der Waals surface area contributed by atoms with Crippen LogP contribution >= 0.6 is 0 Å². The number of para-hydroxylation sites is 1. The number of hydrogen-bond acceptors (Lipinski definition) is 6. The zero-order valence-corrected chi connectivity index (χ0v) is 23.0. The standard InChI is InChI=1S/C28H37N3O4Si/c1-18-11-12-19(16-29-18)26(32)21-15-24(30-22-10-8-7-9-20(21)22)27(33)31-23-13-14-34-17-25(23)35-36(5,6)28(2,3)4/h7-12,15-16,23,25-26,32H,13-14,17H2,1-6H3,(H,31,33)/t23-,25-,26?/m0/s1. The Labute approximate surface area is 214 Å². The predicted octanol–water partition coefficient (Wildman–Crippen LogP) is 4.93. The fourth-order valence-electron chi connectivity index (χ4n) is 4.16. The van der Waals surface area contributed by atoms with E-state index < -0.39 is 14.4 Å². The molecule has 0 aliphatic carbocycles. The molecule has 4 rings (SSSR count). The molecule has 2 aromatic heterocycles. The minimum absolute atomic E-state index is 0.0504. The summed E-state index contributed by atoms with van der Waals surface area (Å²) in [5.74, 6) is -0.285. The number of aliphatic hydroxyl groups is 1. The Hall–Kier alpha value is -2.65. The lowest BCUT2D eigenvalue weighted by molar-refractivity contribution is -0.0196. The van der Waals surface area contributed by atoms with E-state index in [1.807, 2.05) is 43.3 Å². The fourth-order valence-corrected chi connectivity index (χ4v) is 5.50. The van der Waals surface area contributed by atoms with Crippen molar-refractivity contribution in [3.8, 4) is 0 Å². The molecular formula is C28H37N3O4Si. The lowest BCUT2D eigenvalue weighted by atomic mass is 9.97. The van der Waals surface area contributed by atoms with Crippen LogP contribution in [0.1, 0.15) is 60.6 Å². The third-order valence-electron chi connectivity index (χ3n) is 7.40. The summed E-state index contributed by atoms with van der Waals surface area (Å²) in [6.45, 7) is 13.9. The Bertz CT molecular complexity index is 1220. The molecule has 1 aliphatic rings. The van der Waals surface area contributed by atoms with Crippen LogP contribution in [0.5, 0.6) is 0 Å². The molecule has 8 heteroatoms. The lowest BCUT2D eigenvalue weighted by Crippen LogP contribution is -2.55. The summed E-state index contributed by atoms with van der Waals surface area (Å²) in [7, 11) is -2.05. The van der Waals surface area contributed by atoms with Gasteiger partial charge in [0, 0.05) is 29.4 Å². The first-order valence-electron chi connectivity index (χ1n) is 12.5. The van der Waals surface area contributed by atoms with Crippen LogP contribution in [0.25, 0.3) is 10.9 Å². The second-order valence-corrected chi connectivity index (χ2v) is 15.9. The van der Waals surface area contributed by atoms with Gasteiger partial charge in [-0.25, -0.2) is 4.98 Å². The zero-order valence-electron chi connectivity index (χ0n) is 22.0. The largest absolute Gasteiger partial charge is 0.409 e. The molecule has 0 bridgehead atoms. The van der Waals surface area contributed by atoms with Crippen molar-refractivity contribution >= 4 is 25.1 Å². The Morgan fingerprint density at radius 1 is 1.22 bits per heavy atom. The van der Waals surface area contributed by atoms with Crippen molar-refractivity contribution in [2.75, 3.05) is 13.2 Å². The quantitative estimate of drug-likeness (QED) is 0.460. The maximum atomic E-state index is 13.5. The second-order valence-electron chi connectivity index (χ2n) is 11.1. The number of ether oxygens (including phenoxy) is 1. The van der Waals surface area contributed by atoms with Gasteiger partial charge in [-0.15, -0.1) is 0 Å². The van der Waals surface area contributed by atoms with E-state index in [9.17, 15) is 9.90 Å². The van der Waals surface area contributed by atoms with E-state index in [0.29, 0.717) is 36.3 Å². The molecule has 1 saturated heterocycles. The molecule has 3 heterocycles. The molecule has 1 amide bonds. The molecule has 3 atom stereocenters. The van der Waals surface area contributed by atoms with Gasteiger partial charge in [0.1, 0.15) is 11.8 Å². The number of nitrogens with zero attached hydrogens (tertiary/aromatic N) is 2. The highest BCUT2D eigenvalue weighted by molar-refractivity contribution is 6.74. The summed E-state index contributed by atoms with van der Waals surface area (Å²) in [4.78, 5) is 22.4. The van der Waals surface area contributed by atoms with Crippen LogP contribution in [0.4, 0.5) is 0 Å². The number of nitrogens with one attached hydrogen (secondary N) is 1. The number of amides is 1. The van der Waals surface area contributed by atoms with Gasteiger partial charge < -0.3 is 19.6 Å². The highest BCUT2D eigenvalue weighted by Crippen LogP contribution is 2.38. The SMILES string of the molecule is Cc1ccc(C(O)c2cc(C(=O)N[C@H]3CCOC[C@@H]3O[Si](C)(C)C(C)(C)C)nc3ccccc23)cn1. The van der Waals surface area contributed by atoms with Gasteiger partial charge in [0.25, 0.3) is 5.91 Å². The van der Waals surface area contributed by atoms with Crippen molar-refractivity contribution in [3.05, 3.63) is 71.2 Å². The summed E-state index contributed by atoms with van der Waals surface area (Å²) < 4.78 is 12.3. The topological polar surface area (TPSA) is 93.6 Å². The molecular weight excluding hydrogens is 470 g/mol. The van der Waals surface area contributed by atoms with E-state index in [1.165, 1.54) is 0 Å². The van der Waals surface area contributed by atoms with Crippen molar-refractivity contribution < 1.29 is 19.1 Å². The molecule has 0 saturated carbocycles. The number of carbonyl (C=O) groups excluding carboxylic acids is 1. The first-order valence-corrected chi connectivity index (χ1v) is 15.4. The Morgan fingerprint density at radius 2 is 1.97 bits per heavy atom. The number of pyridine rings is 2. The van der Waals surface area contributed by atoms with E-state index in [-0.39, 0.29) is 28.8 Å². The van der Waals surface area contributed by atoms with Crippen LogP contribution < -0.4 is 5.32 Å².